The van der Waals surface area contributed by atoms with Gasteiger partial charge >= 0.3 is 5.97 Å². The number of rotatable bonds is 5. The van der Waals surface area contributed by atoms with Gasteiger partial charge in [-0.15, -0.1) is 0 Å². The number of esters is 1. The molecule has 4 aliphatic heterocycles. The number of aliphatic hydroxyl groups is 1. The van der Waals surface area contributed by atoms with Crippen LogP contribution in [0.5, 0.6) is 0 Å². The Morgan fingerprint density at radius 1 is 1.00 bits per heavy atom. The van der Waals surface area contributed by atoms with Crippen molar-refractivity contribution in [3.8, 4) is 0 Å². The lowest BCUT2D eigenvalue weighted by atomic mass is 9.74. The van der Waals surface area contributed by atoms with Crippen LogP contribution < -0.4 is 0 Å². The molecule has 3 amide bonds. The van der Waals surface area contributed by atoms with Gasteiger partial charge in [0.2, 0.25) is 17.7 Å². The van der Waals surface area contributed by atoms with Gasteiger partial charge in [-0.05, 0) is 38.2 Å². The average Bonchev–Trinajstić information content (AvgIpc) is 3.70. The molecule has 6 rings (SSSR count). The van der Waals surface area contributed by atoms with Gasteiger partial charge < -0.3 is 29.3 Å². The zero-order chi connectivity index (χ0) is 31.7. The molecule has 7 atom stereocenters. The van der Waals surface area contributed by atoms with E-state index in [1.807, 2.05) is 60.4 Å². The van der Waals surface area contributed by atoms with E-state index in [0.717, 1.165) is 37.7 Å². The predicted molar refractivity (Wildman–Crippen MR) is 165 cm³/mol. The highest BCUT2D eigenvalue weighted by Crippen LogP contribution is 2.56. The van der Waals surface area contributed by atoms with Crippen molar-refractivity contribution in [3.05, 3.63) is 60.2 Å². The van der Waals surface area contributed by atoms with Gasteiger partial charge in [0.25, 0.3) is 0 Å². The number of fused-ring (bicyclic) bond motifs is 2. The molecule has 242 valence electrons. The van der Waals surface area contributed by atoms with Crippen LogP contribution in [0.25, 0.3) is 0 Å². The summed E-state index contributed by atoms with van der Waals surface area (Å²) >= 11 is 0. The maximum absolute atomic E-state index is 14.7. The highest BCUT2D eigenvalue weighted by molar-refractivity contribution is 5.99. The molecule has 1 saturated carbocycles. The zero-order valence-electron chi connectivity index (χ0n) is 26.3. The normalized spacial score (nSPS) is 35.2. The van der Waals surface area contributed by atoms with Crippen molar-refractivity contribution >= 4 is 23.7 Å². The van der Waals surface area contributed by atoms with E-state index in [1.165, 1.54) is 0 Å². The number of hydrogen-bond donors (Lipinski definition) is 1. The molecule has 3 fully saturated rings. The molecule has 2 saturated heterocycles. The van der Waals surface area contributed by atoms with E-state index >= 15 is 0 Å². The summed E-state index contributed by atoms with van der Waals surface area (Å²) in [6.45, 7) is 2.27. The highest BCUT2D eigenvalue weighted by Gasteiger charge is 2.73. The summed E-state index contributed by atoms with van der Waals surface area (Å²) in [6, 6.07) is 7.90. The van der Waals surface area contributed by atoms with Crippen molar-refractivity contribution in [2.75, 3.05) is 26.7 Å². The van der Waals surface area contributed by atoms with Gasteiger partial charge in [-0.25, -0.2) is 0 Å². The molecule has 1 aromatic rings. The average molecular weight is 620 g/mol. The van der Waals surface area contributed by atoms with Crippen LogP contribution in [0.4, 0.5) is 0 Å². The first-order chi connectivity index (χ1) is 21.8. The van der Waals surface area contributed by atoms with E-state index in [2.05, 4.69) is 0 Å². The molecule has 5 bridgehead atoms. The fraction of sp³-hybridized carbons (Fsp3) is 0.600. The van der Waals surface area contributed by atoms with Crippen molar-refractivity contribution in [2.45, 2.75) is 94.2 Å². The minimum Gasteiger partial charge on any atom is -0.455 e. The van der Waals surface area contributed by atoms with Crippen LogP contribution >= 0.6 is 0 Å². The van der Waals surface area contributed by atoms with Crippen LogP contribution in [0.1, 0.15) is 70.0 Å². The Labute approximate surface area is 265 Å². The molecular formula is C35H45N3O7. The van der Waals surface area contributed by atoms with Crippen LogP contribution in [-0.4, -0.2) is 100 Å². The van der Waals surface area contributed by atoms with Gasteiger partial charge in [0.1, 0.15) is 23.7 Å². The minimum absolute atomic E-state index is 0.0202. The fourth-order valence-electron chi connectivity index (χ4n) is 8.08. The van der Waals surface area contributed by atoms with Gasteiger partial charge in [-0.1, -0.05) is 73.9 Å². The summed E-state index contributed by atoms with van der Waals surface area (Å²) in [7, 11) is 1.72. The monoisotopic (exact) mass is 619 g/mol. The lowest BCUT2D eigenvalue weighted by Crippen LogP contribution is -2.58. The number of allylic oxidation sites excluding steroid dienone is 1. The van der Waals surface area contributed by atoms with Gasteiger partial charge in [-0.2, -0.15) is 0 Å². The fourth-order valence-corrected chi connectivity index (χ4v) is 8.08. The Kier molecular flexibility index (Phi) is 9.15. The number of likely N-dealkylation sites (N-methyl/N-ethyl adjacent to an activating group) is 1. The number of hydrogen-bond acceptors (Lipinski definition) is 7. The lowest BCUT2D eigenvalue weighted by molar-refractivity contribution is -0.164. The lowest BCUT2D eigenvalue weighted by Gasteiger charge is -2.40. The molecule has 1 N–H and O–H groups in total. The molecule has 0 radical (unpaired) electrons. The van der Waals surface area contributed by atoms with E-state index in [0.29, 0.717) is 19.4 Å². The Bertz CT molecular complexity index is 1340. The number of cyclic esters (lactones) is 1. The second-order valence-electron chi connectivity index (χ2n) is 13.1. The molecule has 45 heavy (non-hydrogen) atoms. The van der Waals surface area contributed by atoms with E-state index in [1.54, 1.807) is 22.9 Å². The third kappa shape index (κ3) is 5.60. The van der Waals surface area contributed by atoms with Gasteiger partial charge in [0.15, 0.2) is 0 Å². The summed E-state index contributed by atoms with van der Waals surface area (Å²) in [5, 5.41) is 9.71. The SMILES string of the molecule is C[C@H]1[C@H](c2ccccc2)OC(=O)[C@@H]2[C@H]3C(=O)N(CCCO)[C@H](C(=O)N(C4CCCCC4)C/C=C\CCC(=O)N1C)[C@]31C=C[C@H]2O1. The number of nitrogens with zero attached hydrogens (tertiary/aromatic N) is 3. The van der Waals surface area contributed by atoms with Gasteiger partial charge in [-0.3, -0.25) is 19.2 Å². The van der Waals surface area contributed by atoms with Crippen molar-refractivity contribution < 1.29 is 33.8 Å². The first kappa shape index (κ1) is 31.5. The molecule has 10 nitrogen and oxygen atoms in total. The topological polar surface area (TPSA) is 117 Å². The number of carbonyl (C=O) groups is 4. The Balaban J connectivity index is 1.42. The zero-order valence-corrected chi connectivity index (χ0v) is 26.3. The largest absolute Gasteiger partial charge is 0.455 e. The molecule has 5 aliphatic rings. The molecule has 10 heteroatoms. The maximum Gasteiger partial charge on any atom is 0.313 e. The molecule has 1 spiro atoms. The molecule has 1 aliphatic carbocycles. The summed E-state index contributed by atoms with van der Waals surface area (Å²) in [6.07, 6.45) is 12.0. The van der Waals surface area contributed by atoms with Crippen LogP contribution in [0.15, 0.2) is 54.6 Å². The van der Waals surface area contributed by atoms with Gasteiger partial charge in [0, 0.05) is 39.2 Å². The number of carbonyl (C=O) groups excluding carboxylic acids is 4. The predicted octanol–water partition coefficient (Wildman–Crippen LogP) is 3.16. The number of benzene rings is 1. The molecule has 4 heterocycles. The standard InChI is InChI=1S/C35H45N3O7/c1-23-30(24-13-6-3-7-14-24)44-34(43)28-26-18-19-35(45-26)29(28)32(41)38(21-12-22-39)31(35)33(42)37(25-15-8-4-9-16-25)20-11-5-10-17-27(40)36(23)2/h3,5-7,11,13-14,18-19,23,25-26,28-31,39H,4,8-10,12,15-17,20-22H2,1-2H3/b11-5-/t23-,26+,28-,29-,30+,31+,35-/m0/s1. The first-order valence-electron chi connectivity index (χ1n) is 16.5. The van der Waals surface area contributed by atoms with Crippen LogP contribution in [0.3, 0.4) is 0 Å². The van der Waals surface area contributed by atoms with E-state index in [-0.39, 0.29) is 43.3 Å². The second kappa shape index (κ2) is 13.1. The van der Waals surface area contributed by atoms with E-state index in [9.17, 15) is 24.3 Å². The quantitative estimate of drug-likeness (QED) is 0.398. The number of likely N-dealkylation sites (tertiary alicyclic amines) is 1. The summed E-state index contributed by atoms with van der Waals surface area (Å²) in [5.74, 6) is -3.07. The van der Waals surface area contributed by atoms with Gasteiger partial charge in [0.05, 0.1) is 18.1 Å². The smallest absolute Gasteiger partial charge is 0.313 e. The number of amides is 3. The highest BCUT2D eigenvalue weighted by atomic mass is 16.6. The van der Waals surface area contributed by atoms with Crippen molar-refractivity contribution in [1.82, 2.24) is 14.7 Å². The number of aliphatic hydroxyl groups excluding tert-OH is 1. The molecular weight excluding hydrogens is 574 g/mol. The van der Waals surface area contributed by atoms with Crippen LogP contribution in [0, 0.1) is 11.8 Å². The summed E-state index contributed by atoms with van der Waals surface area (Å²) in [4.78, 5) is 61.6. The third-order valence-corrected chi connectivity index (χ3v) is 10.5. The maximum atomic E-state index is 14.7. The third-order valence-electron chi connectivity index (χ3n) is 10.5. The molecule has 0 unspecified atom stereocenters. The molecule has 1 aromatic carbocycles. The van der Waals surface area contributed by atoms with E-state index in [4.69, 9.17) is 9.47 Å². The van der Waals surface area contributed by atoms with Crippen LogP contribution in [-0.2, 0) is 28.7 Å². The van der Waals surface area contributed by atoms with Crippen molar-refractivity contribution in [3.63, 3.8) is 0 Å². The van der Waals surface area contributed by atoms with Crippen LogP contribution in [0.2, 0.25) is 0 Å². The minimum atomic E-state index is -1.30. The van der Waals surface area contributed by atoms with Crippen molar-refractivity contribution in [2.24, 2.45) is 11.8 Å². The Hall–Kier alpha value is -3.50. The second-order valence-corrected chi connectivity index (χ2v) is 13.1. The van der Waals surface area contributed by atoms with E-state index < -0.39 is 47.7 Å². The Morgan fingerprint density at radius 3 is 2.49 bits per heavy atom. The molecule has 0 aromatic heterocycles. The Morgan fingerprint density at radius 2 is 1.76 bits per heavy atom. The summed E-state index contributed by atoms with van der Waals surface area (Å²) in [5.41, 5.74) is -0.563. The number of ether oxygens (including phenoxy) is 2. The van der Waals surface area contributed by atoms with Crippen molar-refractivity contribution in [1.29, 1.82) is 0 Å². The first-order valence-corrected chi connectivity index (χ1v) is 16.5. The summed E-state index contributed by atoms with van der Waals surface area (Å²) < 4.78 is 12.8.